The van der Waals surface area contributed by atoms with Crippen molar-refractivity contribution in [2.75, 3.05) is 33.0 Å². The van der Waals surface area contributed by atoms with Crippen molar-refractivity contribution in [3.8, 4) is 5.75 Å². The van der Waals surface area contributed by atoms with Gasteiger partial charge in [-0.2, -0.15) is 0 Å². The standard InChI is InChI=1S/C28H31Cl2N3O6S/c1-39-20-5-3-4-17(14-20)15-23(34)31-16-21(28(37)38)32-27(36)19-10-12-33(13-11-19)24(35)9-7-18-6-8-22(40-2)26(30)25(18)29/h3-9,14,19,21H,10-13,15-16H2,1-2H3,(H,31,34)(H,32,36)(H,37,38)/b9-7+/t21-/m0/s1. The van der Waals surface area contributed by atoms with Crippen LogP contribution in [0, 0.1) is 5.92 Å². The number of hydrogen-bond acceptors (Lipinski definition) is 6. The Labute approximate surface area is 247 Å². The van der Waals surface area contributed by atoms with Crippen LogP contribution in [-0.4, -0.2) is 72.7 Å². The van der Waals surface area contributed by atoms with Crippen LogP contribution in [0.5, 0.6) is 5.75 Å². The number of nitrogens with zero attached hydrogens (tertiary/aromatic N) is 1. The molecule has 0 aromatic heterocycles. The van der Waals surface area contributed by atoms with Crippen LogP contribution in [0.1, 0.15) is 24.0 Å². The molecule has 0 radical (unpaired) electrons. The highest BCUT2D eigenvalue weighted by Gasteiger charge is 2.30. The molecule has 2 aromatic carbocycles. The minimum Gasteiger partial charge on any atom is -0.497 e. The van der Waals surface area contributed by atoms with Gasteiger partial charge in [-0.1, -0.05) is 41.4 Å². The van der Waals surface area contributed by atoms with Crippen molar-refractivity contribution in [1.29, 1.82) is 0 Å². The van der Waals surface area contributed by atoms with Gasteiger partial charge < -0.3 is 25.4 Å². The highest BCUT2D eigenvalue weighted by atomic mass is 35.5. The third kappa shape index (κ3) is 8.64. The largest absolute Gasteiger partial charge is 0.497 e. The molecule has 0 bridgehead atoms. The van der Waals surface area contributed by atoms with E-state index < -0.39 is 23.8 Å². The maximum Gasteiger partial charge on any atom is 0.328 e. The number of piperidine rings is 1. The highest BCUT2D eigenvalue weighted by molar-refractivity contribution is 7.98. The summed E-state index contributed by atoms with van der Waals surface area (Å²) in [7, 11) is 1.53. The molecule has 9 nitrogen and oxygen atoms in total. The Morgan fingerprint density at radius 2 is 1.88 bits per heavy atom. The monoisotopic (exact) mass is 607 g/mol. The average Bonchev–Trinajstić information content (AvgIpc) is 2.95. The van der Waals surface area contributed by atoms with E-state index in [4.69, 9.17) is 27.9 Å². The van der Waals surface area contributed by atoms with Crippen LogP contribution in [0.2, 0.25) is 10.0 Å². The van der Waals surface area contributed by atoms with Crippen molar-refractivity contribution in [2.24, 2.45) is 5.92 Å². The van der Waals surface area contributed by atoms with Crippen molar-refractivity contribution in [2.45, 2.75) is 30.2 Å². The zero-order valence-electron chi connectivity index (χ0n) is 22.1. The van der Waals surface area contributed by atoms with E-state index in [-0.39, 0.29) is 24.8 Å². The Bertz CT molecular complexity index is 1280. The van der Waals surface area contributed by atoms with E-state index in [1.54, 1.807) is 41.3 Å². The predicted molar refractivity (Wildman–Crippen MR) is 156 cm³/mol. The summed E-state index contributed by atoms with van der Waals surface area (Å²) >= 11 is 14.1. The normalized spacial score (nSPS) is 14.6. The Kier molecular flexibility index (Phi) is 11.7. The molecule has 12 heteroatoms. The van der Waals surface area contributed by atoms with Crippen molar-refractivity contribution < 1.29 is 29.0 Å². The molecule has 0 aliphatic carbocycles. The summed E-state index contributed by atoms with van der Waals surface area (Å²) < 4.78 is 5.14. The minimum absolute atomic E-state index is 0.0424. The molecule has 1 fully saturated rings. The lowest BCUT2D eigenvalue weighted by atomic mass is 9.95. The van der Waals surface area contributed by atoms with Crippen LogP contribution in [0.3, 0.4) is 0 Å². The topological polar surface area (TPSA) is 125 Å². The molecule has 1 atom stereocenters. The lowest BCUT2D eigenvalue weighted by Gasteiger charge is -2.31. The Hall–Kier alpha value is -3.21. The summed E-state index contributed by atoms with van der Waals surface area (Å²) in [5.41, 5.74) is 1.34. The Morgan fingerprint density at radius 1 is 1.15 bits per heavy atom. The van der Waals surface area contributed by atoms with Crippen LogP contribution < -0.4 is 15.4 Å². The summed E-state index contributed by atoms with van der Waals surface area (Å²) in [5, 5.41) is 15.5. The molecule has 1 aliphatic rings. The van der Waals surface area contributed by atoms with Crippen molar-refractivity contribution in [1.82, 2.24) is 15.5 Å². The van der Waals surface area contributed by atoms with Gasteiger partial charge in [-0.3, -0.25) is 14.4 Å². The molecular weight excluding hydrogens is 577 g/mol. The number of likely N-dealkylation sites (tertiary alicyclic amines) is 1. The highest BCUT2D eigenvalue weighted by Crippen LogP contribution is 2.35. The van der Waals surface area contributed by atoms with Gasteiger partial charge in [0.15, 0.2) is 0 Å². The van der Waals surface area contributed by atoms with E-state index in [1.807, 2.05) is 12.3 Å². The number of methoxy groups -OCH3 is 1. The number of aliphatic carboxylic acids is 1. The number of benzene rings is 2. The van der Waals surface area contributed by atoms with E-state index in [9.17, 15) is 24.3 Å². The Balaban J connectivity index is 1.47. The first kappa shape index (κ1) is 31.3. The van der Waals surface area contributed by atoms with E-state index >= 15 is 0 Å². The van der Waals surface area contributed by atoms with E-state index in [0.717, 1.165) is 4.90 Å². The molecule has 1 heterocycles. The molecule has 0 unspecified atom stereocenters. The molecule has 2 aromatic rings. The van der Waals surface area contributed by atoms with E-state index in [0.29, 0.717) is 52.9 Å². The third-order valence-electron chi connectivity index (χ3n) is 6.50. The zero-order chi connectivity index (χ0) is 29.2. The average molecular weight is 609 g/mol. The molecule has 0 saturated carbocycles. The second kappa shape index (κ2) is 15.0. The maximum absolute atomic E-state index is 12.8. The van der Waals surface area contributed by atoms with Gasteiger partial charge in [-0.25, -0.2) is 4.79 Å². The predicted octanol–water partition coefficient (Wildman–Crippen LogP) is 3.90. The minimum atomic E-state index is -1.28. The summed E-state index contributed by atoms with van der Waals surface area (Å²) in [4.78, 5) is 52.0. The maximum atomic E-state index is 12.8. The Morgan fingerprint density at radius 3 is 2.52 bits per heavy atom. The first-order valence-electron chi connectivity index (χ1n) is 12.5. The zero-order valence-corrected chi connectivity index (χ0v) is 24.4. The molecule has 214 valence electrons. The van der Waals surface area contributed by atoms with Gasteiger partial charge >= 0.3 is 5.97 Å². The first-order valence-corrected chi connectivity index (χ1v) is 14.5. The fourth-order valence-electron chi connectivity index (χ4n) is 4.20. The molecule has 3 rings (SSSR count). The second-order valence-electron chi connectivity index (χ2n) is 9.15. The number of ether oxygens (including phenoxy) is 1. The third-order valence-corrected chi connectivity index (χ3v) is 8.28. The molecule has 1 aliphatic heterocycles. The molecule has 3 N–H and O–H groups in total. The summed E-state index contributed by atoms with van der Waals surface area (Å²) in [5.74, 6) is -2.11. The van der Waals surface area contributed by atoms with Crippen LogP contribution in [-0.2, 0) is 25.6 Å². The van der Waals surface area contributed by atoms with Gasteiger partial charge in [0.25, 0.3) is 0 Å². The molecule has 40 heavy (non-hydrogen) atoms. The van der Waals surface area contributed by atoms with Gasteiger partial charge in [0.05, 0.1) is 23.6 Å². The molecule has 1 saturated heterocycles. The lowest BCUT2D eigenvalue weighted by molar-refractivity contribution is -0.142. The fraction of sp³-hybridized carbons (Fsp3) is 0.357. The van der Waals surface area contributed by atoms with Crippen molar-refractivity contribution >= 4 is 64.7 Å². The molecule has 0 spiro atoms. The number of carboxylic acid groups (broad SMARTS) is 1. The first-order chi connectivity index (χ1) is 19.1. The van der Waals surface area contributed by atoms with Gasteiger partial charge in [0, 0.05) is 36.5 Å². The van der Waals surface area contributed by atoms with Crippen molar-refractivity contribution in [3.63, 3.8) is 0 Å². The lowest BCUT2D eigenvalue weighted by Crippen LogP contribution is -2.51. The quantitative estimate of drug-likeness (QED) is 0.261. The van der Waals surface area contributed by atoms with Gasteiger partial charge in [0.2, 0.25) is 17.7 Å². The molecular formula is C28H31Cl2N3O6S. The summed E-state index contributed by atoms with van der Waals surface area (Å²) in [6.07, 6.45) is 5.74. The number of amides is 3. The number of rotatable bonds is 11. The number of halogens is 2. The number of hydrogen-bond donors (Lipinski definition) is 3. The SMILES string of the molecule is COc1cccc(CC(=O)NC[C@H](NC(=O)C2CCN(C(=O)/C=C/c3ccc(SC)c(Cl)c3Cl)CC2)C(=O)O)c1. The fourth-order valence-corrected chi connectivity index (χ4v) is 5.37. The van der Waals surface area contributed by atoms with E-state index in [2.05, 4.69) is 10.6 Å². The number of carboxylic acids is 1. The number of carbonyl (C=O) groups excluding carboxylic acids is 3. The van der Waals surface area contributed by atoms with Crippen LogP contribution in [0.4, 0.5) is 0 Å². The number of thioether (sulfide) groups is 1. The van der Waals surface area contributed by atoms with E-state index in [1.165, 1.54) is 24.9 Å². The van der Waals surface area contributed by atoms with Crippen LogP contribution >= 0.6 is 35.0 Å². The molecule has 3 amide bonds. The van der Waals surface area contributed by atoms with Gasteiger partial charge in [-0.05, 0) is 54.5 Å². The smallest absolute Gasteiger partial charge is 0.328 e. The van der Waals surface area contributed by atoms with Crippen molar-refractivity contribution in [3.05, 3.63) is 63.6 Å². The van der Waals surface area contributed by atoms with Gasteiger partial charge in [0.1, 0.15) is 11.8 Å². The van der Waals surface area contributed by atoms with Crippen LogP contribution in [0.25, 0.3) is 6.08 Å². The second-order valence-corrected chi connectivity index (χ2v) is 10.8. The van der Waals surface area contributed by atoms with Crippen LogP contribution in [0.15, 0.2) is 47.4 Å². The number of nitrogens with one attached hydrogen (secondary N) is 2. The summed E-state index contributed by atoms with van der Waals surface area (Å²) in [6, 6.07) is 9.35. The number of carbonyl (C=O) groups is 4. The van der Waals surface area contributed by atoms with Gasteiger partial charge in [-0.15, -0.1) is 11.8 Å². The summed E-state index contributed by atoms with van der Waals surface area (Å²) in [6.45, 7) is 0.433.